The third-order valence-corrected chi connectivity index (χ3v) is 2.94. The van der Waals surface area contributed by atoms with Crippen LogP contribution in [-0.4, -0.2) is 0 Å². The first kappa shape index (κ1) is 13.8. The van der Waals surface area contributed by atoms with Gasteiger partial charge in [-0.15, -0.1) is 0 Å². The Labute approximate surface area is 100 Å². The van der Waals surface area contributed by atoms with Crippen molar-refractivity contribution in [3.8, 4) is 0 Å². The topological polar surface area (TPSA) is 0 Å². The first-order valence-electron chi connectivity index (χ1n) is 5.68. The minimum Gasteiger partial charge on any atom is -0.212 e. The second-order valence-electron chi connectivity index (χ2n) is 4.34. The smallest absolute Gasteiger partial charge is 0.162 e. The maximum atomic E-state index is 13.5. The van der Waals surface area contributed by atoms with E-state index in [0.29, 0.717) is 36.0 Å². The Morgan fingerprint density at radius 1 is 1.12 bits per heavy atom. The fourth-order valence-corrected chi connectivity index (χ4v) is 1.60. The van der Waals surface area contributed by atoms with Gasteiger partial charge >= 0.3 is 0 Å². The molecule has 0 aliphatic rings. The molecule has 17 heavy (non-hydrogen) atoms. The first-order chi connectivity index (χ1) is 7.93. The zero-order valence-electron chi connectivity index (χ0n) is 10.4. The summed E-state index contributed by atoms with van der Waals surface area (Å²) in [6.45, 7) is 4.64. The lowest BCUT2D eigenvalue weighted by atomic mass is 10.0. The second kappa shape index (κ2) is 5.89. The summed E-state index contributed by atoms with van der Waals surface area (Å²) in [5.74, 6) is -1.75. The third-order valence-electron chi connectivity index (χ3n) is 2.94. The number of allylic oxidation sites excluding steroid dienone is 2. The predicted molar refractivity (Wildman–Crippen MR) is 63.5 cm³/mol. The lowest BCUT2D eigenvalue weighted by molar-refractivity contribution is 0.491. The molecule has 0 unspecified atom stereocenters. The van der Waals surface area contributed by atoms with Crippen LogP contribution in [0.15, 0.2) is 23.5 Å². The standard InChI is InChI=1S/C14H17F3/c1-9(11(3)15)5-4-6-12-8-7-10(2)13(16)14(12)17/h7-8H,4-6H2,1-3H3. The molecule has 3 heteroatoms. The van der Waals surface area contributed by atoms with Crippen molar-refractivity contribution in [3.05, 3.63) is 46.3 Å². The van der Waals surface area contributed by atoms with Gasteiger partial charge in [-0.05, 0) is 56.7 Å². The molecule has 0 nitrogen and oxygen atoms in total. The lowest BCUT2D eigenvalue weighted by Crippen LogP contribution is -1.97. The number of hydrogen-bond acceptors (Lipinski definition) is 0. The zero-order chi connectivity index (χ0) is 13.0. The van der Waals surface area contributed by atoms with Crippen LogP contribution in [0, 0.1) is 18.6 Å². The molecular formula is C14H17F3. The van der Waals surface area contributed by atoms with Gasteiger partial charge in [0.15, 0.2) is 11.6 Å². The van der Waals surface area contributed by atoms with Crippen LogP contribution in [0.3, 0.4) is 0 Å². The van der Waals surface area contributed by atoms with Gasteiger partial charge in [0.1, 0.15) is 0 Å². The Morgan fingerprint density at radius 2 is 1.76 bits per heavy atom. The highest BCUT2D eigenvalue weighted by Crippen LogP contribution is 2.19. The Kier molecular flexibility index (Phi) is 4.79. The molecule has 0 bridgehead atoms. The number of halogens is 3. The molecule has 1 rings (SSSR count). The second-order valence-corrected chi connectivity index (χ2v) is 4.34. The molecule has 0 spiro atoms. The monoisotopic (exact) mass is 242 g/mol. The van der Waals surface area contributed by atoms with Gasteiger partial charge in [-0.1, -0.05) is 12.1 Å². The molecule has 0 N–H and O–H groups in total. The summed E-state index contributed by atoms with van der Waals surface area (Å²) in [6.07, 6.45) is 1.61. The summed E-state index contributed by atoms with van der Waals surface area (Å²) in [5.41, 5.74) is 1.33. The Balaban J connectivity index is 2.65. The van der Waals surface area contributed by atoms with Gasteiger partial charge < -0.3 is 0 Å². The molecule has 0 radical (unpaired) electrons. The normalized spacial score (nSPS) is 12.6. The third kappa shape index (κ3) is 3.62. The molecule has 1 aromatic carbocycles. The predicted octanol–water partition coefficient (Wildman–Crippen LogP) is 4.86. The van der Waals surface area contributed by atoms with Gasteiger partial charge in [0.05, 0.1) is 5.83 Å². The molecule has 1 aromatic rings. The molecule has 0 fully saturated rings. The molecule has 0 aromatic heterocycles. The summed E-state index contributed by atoms with van der Waals surface area (Å²) >= 11 is 0. The molecule has 0 atom stereocenters. The van der Waals surface area contributed by atoms with Crippen molar-refractivity contribution in [2.45, 2.75) is 40.0 Å². The summed E-state index contributed by atoms with van der Waals surface area (Å²) in [7, 11) is 0. The van der Waals surface area contributed by atoms with E-state index in [1.54, 1.807) is 19.1 Å². The van der Waals surface area contributed by atoms with Gasteiger partial charge in [-0.25, -0.2) is 13.2 Å². The van der Waals surface area contributed by atoms with Crippen LogP contribution >= 0.6 is 0 Å². The summed E-state index contributed by atoms with van der Waals surface area (Å²) in [5, 5.41) is 0. The molecule has 94 valence electrons. The average Bonchev–Trinajstić information content (AvgIpc) is 2.28. The van der Waals surface area contributed by atoms with Crippen molar-refractivity contribution in [2.24, 2.45) is 0 Å². The van der Waals surface area contributed by atoms with E-state index in [-0.39, 0.29) is 5.83 Å². The molecule has 0 aliphatic carbocycles. The van der Waals surface area contributed by atoms with E-state index in [9.17, 15) is 13.2 Å². The van der Waals surface area contributed by atoms with Crippen molar-refractivity contribution in [1.29, 1.82) is 0 Å². The molecule has 0 saturated carbocycles. The van der Waals surface area contributed by atoms with E-state index in [1.807, 2.05) is 0 Å². The van der Waals surface area contributed by atoms with Crippen LogP contribution in [0.1, 0.15) is 37.8 Å². The van der Waals surface area contributed by atoms with Crippen LogP contribution in [0.5, 0.6) is 0 Å². The van der Waals surface area contributed by atoms with Crippen LogP contribution in [0.25, 0.3) is 0 Å². The summed E-state index contributed by atoms with van der Waals surface area (Å²) in [6, 6.07) is 3.16. The van der Waals surface area contributed by atoms with Crippen molar-refractivity contribution in [3.63, 3.8) is 0 Å². The molecule has 0 amide bonds. The van der Waals surface area contributed by atoms with Crippen LogP contribution in [0.2, 0.25) is 0 Å². The van der Waals surface area contributed by atoms with Crippen LogP contribution < -0.4 is 0 Å². The maximum absolute atomic E-state index is 13.5. The lowest BCUT2D eigenvalue weighted by Gasteiger charge is -2.06. The van der Waals surface area contributed by atoms with Crippen molar-refractivity contribution < 1.29 is 13.2 Å². The Morgan fingerprint density at radius 3 is 2.35 bits per heavy atom. The van der Waals surface area contributed by atoms with Crippen LogP contribution in [-0.2, 0) is 6.42 Å². The largest absolute Gasteiger partial charge is 0.212 e. The molecular weight excluding hydrogens is 225 g/mol. The van der Waals surface area contributed by atoms with E-state index in [4.69, 9.17) is 0 Å². The highest BCUT2D eigenvalue weighted by molar-refractivity contribution is 5.25. The van der Waals surface area contributed by atoms with Crippen molar-refractivity contribution in [2.75, 3.05) is 0 Å². The molecule has 0 heterocycles. The highest BCUT2D eigenvalue weighted by Gasteiger charge is 2.10. The van der Waals surface area contributed by atoms with Crippen molar-refractivity contribution in [1.82, 2.24) is 0 Å². The average molecular weight is 242 g/mol. The van der Waals surface area contributed by atoms with Gasteiger partial charge in [0, 0.05) is 0 Å². The van der Waals surface area contributed by atoms with Gasteiger partial charge in [0.25, 0.3) is 0 Å². The minimum absolute atomic E-state index is 0.194. The number of benzene rings is 1. The minimum atomic E-state index is -0.781. The molecule has 0 aliphatic heterocycles. The first-order valence-corrected chi connectivity index (χ1v) is 5.68. The quantitative estimate of drug-likeness (QED) is 0.707. The van der Waals surface area contributed by atoms with E-state index < -0.39 is 11.6 Å². The van der Waals surface area contributed by atoms with E-state index in [2.05, 4.69) is 0 Å². The van der Waals surface area contributed by atoms with E-state index >= 15 is 0 Å². The Hall–Kier alpha value is -1.25. The van der Waals surface area contributed by atoms with E-state index in [1.165, 1.54) is 13.8 Å². The van der Waals surface area contributed by atoms with Crippen molar-refractivity contribution >= 4 is 0 Å². The van der Waals surface area contributed by atoms with E-state index in [0.717, 1.165) is 0 Å². The van der Waals surface area contributed by atoms with Gasteiger partial charge in [-0.3, -0.25) is 0 Å². The fourth-order valence-electron chi connectivity index (χ4n) is 1.60. The van der Waals surface area contributed by atoms with Gasteiger partial charge in [0.2, 0.25) is 0 Å². The Bertz CT molecular complexity index is 429. The van der Waals surface area contributed by atoms with Gasteiger partial charge in [-0.2, -0.15) is 0 Å². The maximum Gasteiger partial charge on any atom is 0.162 e. The number of hydrogen-bond donors (Lipinski definition) is 0. The van der Waals surface area contributed by atoms with Crippen LogP contribution in [0.4, 0.5) is 13.2 Å². The summed E-state index contributed by atoms with van der Waals surface area (Å²) < 4.78 is 39.5. The zero-order valence-corrected chi connectivity index (χ0v) is 10.4. The molecule has 0 saturated heterocycles. The fraction of sp³-hybridized carbons (Fsp3) is 0.429. The highest BCUT2D eigenvalue weighted by atomic mass is 19.2. The number of aryl methyl sites for hydroxylation is 2. The number of rotatable bonds is 4. The summed E-state index contributed by atoms with van der Waals surface area (Å²) in [4.78, 5) is 0. The SMILES string of the molecule is CC(F)=C(C)CCCc1ccc(C)c(F)c1F.